The highest BCUT2D eigenvalue weighted by Gasteiger charge is 2.01. The van der Waals surface area contributed by atoms with E-state index in [2.05, 4.69) is 5.32 Å². The first-order valence-corrected chi connectivity index (χ1v) is 4.04. The van der Waals surface area contributed by atoms with Crippen LogP contribution < -0.4 is 5.32 Å². The highest BCUT2D eigenvalue weighted by atomic mass is 35.5. The lowest BCUT2D eigenvalue weighted by molar-refractivity contribution is 1.44. The van der Waals surface area contributed by atoms with E-state index in [0.717, 1.165) is 16.3 Å². The summed E-state index contributed by atoms with van der Waals surface area (Å²) < 4.78 is 0. The maximum absolute atomic E-state index is 5.88. The number of rotatable bonds is 1. The molecule has 0 heterocycles. The molecule has 0 radical (unpaired) electrons. The van der Waals surface area contributed by atoms with Crippen molar-refractivity contribution in [2.45, 2.75) is 6.92 Å². The van der Waals surface area contributed by atoms with Crippen LogP contribution in [0.4, 0.5) is 5.69 Å². The van der Waals surface area contributed by atoms with Gasteiger partial charge < -0.3 is 5.32 Å². The van der Waals surface area contributed by atoms with Gasteiger partial charge in [0.25, 0.3) is 0 Å². The van der Waals surface area contributed by atoms with Gasteiger partial charge in [-0.3, -0.25) is 0 Å². The highest BCUT2D eigenvalue weighted by Crippen LogP contribution is 2.27. The molecule has 0 aliphatic heterocycles. The van der Waals surface area contributed by atoms with Crippen LogP contribution in [0.25, 0.3) is 0 Å². The summed E-state index contributed by atoms with van der Waals surface area (Å²) in [6, 6.07) is 3.66. The fourth-order valence-electron chi connectivity index (χ4n) is 0.838. The Morgan fingerprint density at radius 1 is 1.18 bits per heavy atom. The summed E-state index contributed by atoms with van der Waals surface area (Å²) in [7, 11) is 1.81. The lowest BCUT2D eigenvalue weighted by Gasteiger charge is -2.05. The third-order valence-electron chi connectivity index (χ3n) is 1.52. The molecule has 0 unspecified atom stereocenters. The van der Waals surface area contributed by atoms with Crippen LogP contribution in [-0.2, 0) is 0 Å². The summed E-state index contributed by atoms with van der Waals surface area (Å²) in [4.78, 5) is 0. The second kappa shape index (κ2) is 3.33. The second-order valence-corrected chi connectivity index (χ2v) is 3.15. The summed E-state index contributed by atoms with van der Waals surface area (Å²) in [6.45, 7) is 1.92. The zero-order valence-corrected chi connectivity index (χ0v) is 7.92. The molecule has 0 atom stereocenters. The fourth-order valence-corrected chi connectivity index (χ4v) is 1.31. The van der Waals surface area contributed by atoms with Crippen LogP contribution in [0.3, 0.4) is 0 Å². The van der Waals surface area contributed by atoms with Crippen molar-refractivity contribution in [3.63, 3.8) is 0 Å². The van der Waals surface area contributed by atoms with Crippen molar-refractivity contribution in [2.24, 2.45) is 0 Å². The molecule has 0 fully saturated rings. The molecule has 0 aromatic heterocycles. The monoisotopic (exact) mass is 189 g/mol. The first-order valence-electron chi connectivity index (χ1n) is 3.28. The zero-order valence-electron chi connectivity index (χ0n) is 6.41. The van der Waals surface area contributed by atoms with Gasteiger partial charge in [-0.15, -0.1) is 0 Å². The Morgan fingerprint density at radius 2 is 1.82 bits per heavy atom. The van der Waals surface area contributed by atoms with E-state index in [1.807, 2.05) is 26.1 Å². The van der Waals surface area contributed by atoms with E-state index in [4.69, 9.17) is 23.2 Å². The summed E-state index contributed by atoms with van der Waals surface area (Å²) in [6.07, 6.45) is 0. The Hall–Kier alpha value is -0.400. The Bertz CT molecular complexity index is 271. The Labute approximate surface area is 76.3 Å². The third kappa shape index (κ3) is 1.79. The van der Waals surface area contributed by atoms with E-state index in [1.54, 1.807) is 0 Å². The first-order chi connectivity index (χ1) is 5.15. The van der Waals surface area contributed by atoms with Gasteiger partial charge in [-0.1, -0.05) is 23.2 Å². The molecule has 0 saturated carbocycles. The summed E-state index contributed by atoms with van der Waals surface area (Å²) >= 11 is 11.7. The van der Waals surface area contributed by atoms with Gasteiger partial charge in [-0.2, -0.15) is 0 Å². The van der Waals surface area contributed by atoms with E-state index in [0.29, 0.717) is 5.02 Å². The van der Waals surface area contributed by atoms with Gasteiger partial charge in [-0.25, -0.2) is 0 Å². The molecule has 1 rings (SSSR count). The molecule has 0 spiro atoms. The molecular weight excluding hydrogens is 181 g/mol. The first kappa shape index (κ1) is 8.69. The minimum atomic E-state index is 0.703. The largest absolute Gasteiger partial charge is 0.387 e. The molecule has 1 N–H and O–H groups in total. The van der Waals surface area contributed by atoms with Gasteiger partial charge in [-0.05, 0) is 24.6 Å². The van der Waals surface area contributed by atoms with Crippen molar-refractivity contribution in [1.29, 1.82) is 0 Å². The van der Waals surface area contributed by atoms with Gasteiger partial charge in [0.05, 0.1) is 10.7 Å². The SMILES string of the molecule is CNc1cc(Cl)c(C)cc1Cl. The van der Waals surface area contributed by atoms with Crippen molar-refractivity contribution in [2.75, 3.05) is 12.4 Å². The van der Waals surface area contributed by atoms with Crippen molar-refractivity contribution in [3.8, 4) is 0 Å². The van der Waals surface area contributed by atoms with Gasteiger partial charge in [0, 0.05) is 12.1 Å². The molecule has 0 aliphatic carbocycles. The number of nitrogens with one attached hydrogen (secondary N) is 1. The second-order valence-electron chi connectivity index (χ2n) is 2.33. The Balaban J connectivity index is 3.21. The van der Waals surface area contributed by atoms with E-state index in [1.165, 1.54) is 0 Å². The van der Waals surface area contributed by atoms with Crippen LogP contribution in [-0.4, -0.2) is 7.05 Å². The number of benzene rings is 1. The lowest BCUT2D eigenvalue weighted by Crippen LogP contribution is -1.89. The van der Waals surface area contributed by atoms with E-state index < -0.39 is 0 Å². The Kier molecular flexibility index (Phi) is 2.63. The van der Waals surface area contributed by atoms with Crippen LogP contribution in [0, 0.1) is 6.92 Å². The molecule has 11 heavy (non-hydrogen) atoms. The van der Waals surface area contributed by atoms with Crippen LogP contribution in [0.2, 0.25) is 10.0 Å². The van der Waals surface area contributed by atoms with Gasteiger partial charge in [0.15, 0.2) is 0 Å². The van der Waals surface area contributed by atoms with Crippen LogP contribution in [0.1, 0.15) is 5.56 Å². The van der Waals surface area contributed by atoms with Crippen molar-refractivity contribution in [3.05, 3.63) is 27.7 Å². The molecule has 1 aromatic rings. The highest BCUT2D eigenvalue weighted by molar-refractivity contribution is 6.35. The van der Waals surface area contributed by atoms with Crippen molar-refractivity contribution in [1.82, 2.24) is 0 Å². The maximum Gasteiger partial charge on any atom is 0.0641 e. The predicted molar refractivity (Wildman–Crippen MR) is 50.7 cm³/mol. The van der Waals surface area contributed by atoms with Crippen molar-refractivity contribution >= 4 is 28.9 Å². The molecule has 60 valence electrons. The number of hydrogen-bond donors (Lipinski definition) is 1. The summed E-state index contributed by atoms with van der Waals surface area (Å²) in [5.74, 6) is 0. The van der Waals surface area contributed by atoms with E-state index in [-0.39, 0.29) is 0 Å². The van der Waals surface area contributed by atoms with Gasteiger partial charge in [0.1, 0.15) is 0 Å². The van der Waals surface area contributed by atoms with Gasteiger partial charge in [0.2, 0.25) is 0 Å². The number of aryl methyl sites for hydroxylation is 1. The average Bonchev–Trinajstić information content (AvgIpc) is 1.97. The zero-order chi connectivity index (χ0) is 8.43. The fraction of sp³-hybridized carbons (Fsp3) is 0.250. The molecule has 1 aromatic carbocycles. The Morgan fingerprint density at radius 3 is 2.36 bits per heavy atom. The van der Waals surface area contributed by atoms with Gasteiger partial charge >= 0.3 is 0 Å². The molecule has 0 saturated heterocycles. The number of anilines is 1. The average molecular weight is 190 g/mol. The van der Waals surface area contributed by atoms with Crippen LogP contribution in [0.15, 0.2) is 12.1 Å². The maximum atomic E-state index is 5.88. The van der Waals surface area contributed by atoms with E-state index in [9.17, 15) is 0 Å². The predicted octanol–water partition coefficient (Wildman–Crippen LogP) is 3.34. The lowest BCUT2D eigenvalue weighted by atomic mass is 10.2. The van der Waals surface area contributed by atoms with Crippen LogP contribution >= 0.6 is 23.2 Å². The van der Waals surface area contributed by atoms with Crippen molar-refractivity contribution < 1.29 is 0 Å². The third-order valence-corrected chi connectivity index (χ3v) is 2.24. The standard InChI is InChI=1S/C8H9Cl2N/c1-5-3-7(10)8(11-2)4-6(5)9/h3-4,11H,1-2H3. The molecule has 1 nitrogen and oxygen atoms in total. The number of hydrogen-bond acceptors (Lipinski definition) is 1. The summed E-state index contributed by atoms with van der Waals surface area (Å²) in [5.41, 5.74) is 1.86. The van der Waals surface area contributed by atoms with E-state index >= 15 is 0 Å². The molecule has 3 heteroatoms. The minimum Gasteiger partial charge on any atom is -0.387 e. The minimum absolute atomic E-state index is 0.703. The normalized spacial score (nSPS) is 9.82. The summed E-state index contributed by atoms with van der Waals surface area (Å²) in [5, 5.41) is 4.39. The van der Waals surface area contributed by atoms with Crippen LogP contribution in [0.5, 0.6) is 0 Å². The molecule has 0 aliphatic rings. The molecule has 0 amide bonds. The number of halogens is 2. The molecule has 0 bridgehead atoms. The quantitative estimate of drug-likeness (QED) is 0.715. The molecular formula is C8H9Cl2N. The topological polar surface area (TPSA) is 12.0 Å². The smallest absolute Gasteiger partial charge is 0.0641 e.